The fourth-order valence-corrected chi connectivity index (χ4v) is 3.32. The summed E-state index contributed by atoms with van der Waals surface area (Å²) in [6.07, 6.45) is 0.665. The van der Waals surface area contributed by atoms with Gasteiger partial charge in [0.2, 0.25) is 0 Å². The molecular formula is C24H22N2O5. The number of para-hydroxylation sites is 1. The lowest BCUT2D eigenvalue weighted by molar-refractivity contribution is -0.385. The number of amides is 1. The minimum atomic E-state index is -0.908. The molecule has 0 saturated heterocycles. The molecule has 1 N–H and O–H groups in total. The summed E-state index contributed by atoms with van der Waals surface area (Å²) < 4.78 is 4.95. The number of ether oxygens (including phenoxy) is 1. The van der Waals surface area contributed by atoms with Gasteiger partial charge in [-0.25, -0.2) is 4.79 Å². The lowest BCUT2D eigenvalue weighted by Gasteiger charge is -2.18. The Morgan fingerprint density at radius 1 is 0.871 bits per heavy atom. The first-order valence-corrected chi connectivity index (χ1v) is 9.83. The first-order chi connectivity index (χ1) is 15.1. The van der Waals surface area contributed by atoms with Gasteiger partial charge in [-0.3, -0.25) is 14.9 Å². The van der Waals surface area contributed by atoms with E-state index in [0.29, 0.717) is 13.0 Å². The van der Waals surface area contributed by atoms with Crippen LogP contribution >= 0.6 is 0 Å². The van der Waals surface area contributed by atoms with E-state index in [9.17, 15) is 19.7 Å². The van der Waals surface area contributed by atoms with Crippen molar-refractivity contribution in [3.63, 3.8) is 0 Å². The normalized spacial score (nSPS) is 10.5. The Hall–Kier alpha value is -4.00. The second kappa shape index (κ2) is 10.7. The highest BCUT2D eigenvalue weighted by molar-refractivity contribution is 5.95. The van der Waals surface area contributed by atoms with Crippen molar-refractivity contribution in [2.24, 2.45) is 0 Å². The van der Waals surface area contributed by atoms with Gasteiger partial charge in [-0.1, -0.05) is 72.8 Å². The molecule has 0 bridgehead atoms. The smallest absolute Gasteiger partial charge is 0.345 e. The summed E-state index contributed by atoms with van der Waals surface area (Å²) in [5, 5.41) is 13.8. The molecule has 0 fully saturated rings. The molecule has 7 heteroatoms. The number of hydrogen-bond acceptors (Lipinski definition) is 5. The SMILES string of the molecule is O=C(COC(=O)c1ccccc1[N+](=O)[O-])NCCC(c1ccccc1)c1ccccc1. The van der Waals surface area contributed by atoms with Crippen molar-refractivity contribution in [1.82, 2.24) is 5.32 Å². The van der Waals surface area contributed by atoms with Gasteiger partial charge in [-0.2, -0.15) is 0 Å². The van der Waals surface area contributed by atoms with Crippen LogP contribution in [0.3, 0.4) is 0 Å². The summed E-state index contributed by atoms with van der Waals surface area (Å²) in [7, 11) is 0. The van der Waals surface area contributed by atoms with Crippen molar-refractivity contribution >= 4 is 17.6 Å². The van der Waals surface area contributed by atoms with Gasteiger partial charge in [-0.15, -0.1) is 0 Å². The standard InChI is InChI=1S/C24H22N2O5/c27-23(17-31-24(28)21-13-7-8-14-22(21)26(29)30)25-16-15-20(18-9-3-1-4-10-18)19-11-5-2-6-12-19/h1-14,20H,15-17H2,(H,25,27). The summed E-state index contributed by atoms with van der Waals surface area (Å²) >= 11 is 0. The molecule has 0 unspecified atom stereocenters. The van der Waals surface area contributed by atoms with Gasteiger partial charge in [0.1, 0.15) is 5.56 Å². The van der Waals surface area contributed by atoms with Crippen molar-refractivity contribution in [2.75, 3.05) is 13.2 Å². The van der Waals surface area contributed by atoms with Gasteiger partial charge in [0, 0.05) is 18.5 Å². The molecule has 0 heterocycles. The van der Waals surface area contributed by atoms with Crippen LogP contribution in [0, 0.1) is 10.1 Å². The molecule has 0 spiro atoms. The van der Waals surface area contributed by atoms with Crippen molar-refractivity contribution in [1.29, 1.82) is 0 Å². The molecule has 31 heavy (non-hydrogen) atoms. The lowest BCUT2D eigenvalue weighted by Crippen LogP contribution is -2.30. The Kier molecular flexibility index (Phi) is 7.48. The summed E-state index contributed by atoms with van der Waals surface area (Å²) in [5.74, 6) is -1.27. The molecule has 0 saturated carbocycles. The minimum absolute atomic E-state index is 0.109. The fraction of sp³-hybridized carbons (Fsp3) is 0.167. The largest absolute Gasteiger partial charge is 0.452 e. The Bertz CT molecular complexity index is 999. The third-order valence-electron chi connectivity index (χ3n) is 4.81. The molecular weight excluding hydrogens is 396 g/mol. The third kappa shape index (κ3) is 5.99. The zero-order chi connectivity index (χ0) is 22.1. The number of nitrogens with zero attached hydrogens (tertiary/aromatic N) is 1. The van der Waals surface area contributed by atoms with Crippen molar-refractivity contribution in [2.45, 2.75) is 12.3 Å². The van der Waals surface area contributed by atoms with Crippen LogP contribution in [0.15, 0.2) is 84.9 Å². The highest BCUT2D eigenvalue weighted by Crippen LogP contribution is 2.27. The second-order valence-electron chi connectivity index (χ2n) is 6.86. The van der Waals surface area contributed by atoms with Crippen molar-refractivity contribution in [3.8, 4) is 0 Å². The van der Waals surface area contributed by atoms with E-state index in [0.717, 1.165) is 11.1 Å². The number of carbonyl (C=O) groups is 2. The van der Waals surface area contributed by atoms with Gasteiger partial charge < -0.3 is 10.1 Å². The molecule has 0 aliphatic carbocycles. The van der Waals surface area contributed by atoms with Gasteiger partial charge >= 0.3 is 5.97 Å². The maximum absolute atomic E-state index is 12.1. The number of carbonyl (C=O) groups excluding carboxylic acids is 2. The average molecular weight is 418 g/mol. The Balaban J connectivity index is 1.54. The zero-order valence-corrected chi connectivity index (χ0v) is 16.8. The molecule has 3 rings (SSSR count). The van der Waals surface area contributed by atoms with E-state index in [2.05, 4.69) is 5.32 Å². The van der Waals surface area contributed by atoms with E-state index < -0.39 is 23.4 Å². The molecule has 0 aliphatic rings. The van der Waals surface area contributed by atoms with Gasteiger partial charge in [0.15, 0.2) is 6.61 Å². The molecule has 0 aliphatic heterocycles. The number of rotatable bonds is 9. The molecule has 3 aromatic rings. The minimum Gasteiger partial charge on any atom is -0.452 e. The van der Waals surface area contributed by atoms with Gasteiger partial charge in [0.05, 0.1) is 4.92 Å². The average Bonchev–Trinajstić information content (AvgIpc) is 2.81. The number of esters is 1. The molecule has 3 aromatic carbocycles. The topological polar surface area (TPSA) is 98.5 Å². The quantitative estimate of drug-likeness (QED) is 0.321. The molecule has 7 nitrogen and oxygen atoms in total. The van der Waals surface area contributed by atoms with Crippen LogP contribution in [0.2, 0.25) is 0 Å². The number of hydrogen-bond donors (Lipinski definition) is 1. The lowest BCUT2D eigenvalue weighted by atomic mass is 9.88. The number of nitro groups is 1. The van der Waals surface area contributed by atoms with Crippen LogP contribution < -0.4 is 5.32 Å². The van der Waals surface area contributed by atoms with E-state index in [1.807, 2.05) is 60.7 Å². The highest BCUT2D eigenvalue weighted by atomic mass is 16.6. The number of benzene rings is 3. The predicted molar refractivity (Wildman–Crippen MR) is 116 cm³/mol. The highest BCUT2D eigenvalue weighted by Gasteiger charge is 2.21. The number of nitro benzene ring substituents is 1. The monoisotopic (exact) mass is 418 g/mol. The van der Waals surface area contributed by atoms with E-state index in [1.54, 1.807) is 0 Å². The molecule has 158 valence electrons. The maximum atomic E-state index is 12.1. The van der Waals surface area contributed by atoms with Gasteiger partial charge in [0.25, 0.3) is 11.6 Å². The van der Waals surface area contributed by atoms with Crippen LogP contribution in [-0.2, 0) is 9.53 Å². The summed E-state index contributed by atoms with van der Waals surface area (Å²) in [6.45, 7) is -0.122. The summed E-state index contributed by atoms with van der Waals surface area (Å²) in [6, 6.07) is 25.5. The fourth-order valence-electron chi connectivity index (χ4n) is 3.32. The van der Waals surface area contributed by atoms with Gasteiger partial charge in [-0.05, 0) is 23.6 Å². The van der Waals surface area contributed by atoms with Crippen LogP contribution in [0.25, 0.3) is 0 Å². The predicted octanol–water partition coefficient (Wildman–Crippen LogP) is 4.09. The van der Waals surface area contributed by atoms with Crippen LogP contribution in [0.1, 0.15) is 33.8 Å². The molecule has 1 amide bonds. The summed E-state index contributed by atoms with van der Waals surface area (Å²) in [5.41, 5.74) is 1.74. The number of nitrogens with one attached hydrogen (secondary N) is 1. The Morgan fingerprint density at radius 2 is 1.42 bits per heavy atom. The van der Waals surface area contributed by atoms with Crippen LogP contribution in [0.5, 0.6) is 0 Å². The second-order valence-corrected chi connectivity index (χ2v) is 6.86. The Labute approximate surface area is 179 Å². The molecule has 0 radical (unpaired) electrons. The molecule has 0 atom stereocenters. The van der Waals surface area contributed by atoms with Crippen molar-refractivity contribution in [3.05, 3.63) is 112 Å². The van der Waals surface area contributed by atoms with E-state index in [4.69, 9.17) is 4.74 Å². The maximum Gasteiger partial charge on any atom is 0.345 e. The van der Waals surface area contributed by atoms with Crippen molar-refractivity contribution < 1.29 is 19.2 Å². The Morgan fingerprint density at radius 3 is 2.00 bits per heavy atom. The van der Waals surface area contributed by atoms with Crippen LogP contribution in [-0.4, -0.2) is 30.0 Å². The first-order valence-electron chi connectivity index (χ1n) is 9.83. The third-order valence-corrected chi connectivity index (χ3v) is 4.81. The van der Waals surface area contributed by atoms with E-state index >= 15 is 0 Å². The zero-order valence-electron chi connectivity index (χ0n) is 16.8. The van der Waals surface area contributed by atoms with Crippen LogP contribution in [0.4, 0.5) is 5.69 Å². The molecule has 0 aromatic heterocycles. The van der Waals surface area contributed by atoms with E-state index in [-0.39, 0.29) is 17.2 Å². The first kappa shape index (κ1) is 21.7. The van der Waals surface area contributed by atoms with E-state index in [1.165, 1.54) is 24.3 Å². The summed E-state index contributed by atoms with van der Waals surface area (Å²) in [4.78, 5) is 34.6.